The molecule has 0 aliphatic heterocycles. The third kappa shape index (κ3) is 4.20. The van der Waals surface area contributed by atoms with Crippen molar-refractivity contribution in [2.45, 2.75) is 0 Å². The SMILES string of the molecule is COc1cc(C=C(C#N)C(=O)Nc2c(Cl)cccc2Cl)cc(OC)c1O. The largest absolute Gasteiger partial charge is 0.502 e. The van der Waals surface area contributed by atoms with Gasteiger partial charge in [-0.25, -0.2) is 0 Å². The molecule has 26 heavy (non-hydrogen) atoms. The van der Waals surface area contributed by atoms with Gasteiger partial charge in [0.05, 0.1) is 30.0 Å². The monoisotopic (exact) mass is 392 g/mol. The number of methoxy groups -OCH3 is 2. The van der Waals surface area contributed by atoms with E-state index in [2.05, 4.69) is 5.32 Å². The number of hydrogen-bond donors (Lipinski definition) is 2. The maximum absolute atomic E-state index is 12.4. The fraction of sp³-hybridized carbons (Fsp3) is 0.111. The van der Waals surface area contributed by atoms with Gasteiger partial charge in [0.25, 0.3) is 5.91 Å². The van der Waals surface area contributed by atoms with Gasteiger partial charge in [0, 0.05) is 0 Å². The van der Waals surface area contributed by atoms with Crippen molar-refractivity contribution in [1.82, 2.24) is 0 Å². The number of aromatic hydroxyl groups is 1. The maximum atomic E-state index is 12.4. The molecule has 0 bridgehead atoms. The smallest absolute Gasteiger partial charge is 0.266 e. The fourth-order valence-corrected chi connectivity index (χ4v) is 2.60. The topological polar surface area (TPSA) is 91.6 Å². The number of phenolic OH excluding ortho intramolecular Hbond substituents is 1. The summed E-state index contributed by atoms with van der Waals surface area (Å²) in [7, 11) is 2.75. The first kappa shape index (κ1) is 19.4. The molecule has 0 aromatic heterocycles. The van der Waals surface area contributed by atoms with E-state index < -0.39 is 5.91 Å². The number of carbonyl (C=O) groups is 1. The fourth-order valence-electron chi connectivity index (χ4n) is 2.11. The highest BCUT2D eigenvalue weighted by Crippen LogP contribution is 2.37. The molecule has 0 saturated heterocycles. The molecule has 0 aliphatic rings. The first-order valence-corrected chi connectivity index (χ1v) is 7.99. The minimum Gasteiger partial charge on any atom is -0.502 e. The summed E-state index contributed by atoms with van der Waals surface area (Å²) >= 11 is 12.0. The van der Waals surface area contributed by atoms with E-state index in [-0.39, 0.29) is 38.6 Å². The molecule has 2 aromatic carbocycles. The summed E-state index contributed by atoms with van der Waals surface area (Å²) in [6, 6.07) is 9.51. The number of nitrogens with one attached hydrogen (secondary N) is 1. The van der Waals surface area contributed by atoms with Gasteiger partial charge in [0.15, 0.2) is 11.5 Å². The summed E-state index contributed by atoms with van der Waals surface area (Å²) in [6.07, 6.45) is 1.32. The Balaban J connectivity index is 2.39. The van der Waals surface area contributed by atoms with Crippen LogP contribution in [0.25, 0.3) is 6.08 Å². The lowest BCUT2D eigenvalue weighted by Crippen LogP contribution is -2.14. The molecular formula is C18H14Cl2N2O4. The van der Waals surface area contributed by atoms with E-state index in [9.17, 15) is 15.2 Å². The Morgan fingerprint density at radius 1 is 1.19 bits per heavy atom. The summed E-state index contributed by atoms with van der Waals surface area (Å²) in [5.74, 6) is -0.587. The zero-order valence-corrected chi connectivity index (χ0v) is 15.4. The second kappa shape index (κ2) is 8.48. The van der Waals surface area contributed by atoms with E-state index in [1.807, 2.05) is 6.07 Å². The van der Waals surface area contributed by atoms with Crippen molar-refractivity contribution in [3.8, 4) is 23.3 Å². The normalized spacial score (nSPS) is 10.8. The van der Waals surface area contributed by atoms with Crippen molar-refractivity contribution in [1.29, 1.82) is 5.26 Å². The number of phenols is 1. The second-order valence-electron chi connectivity index (χ2n) is 4.99. The molecule has 134 valence electrons. The van der Waals surface area contributed by atoms with Crippen molar-refractivity contribution >= 4 is 40.9 Å². The van der Waals surface area contributed by atoms with E-state index in [1.54, 1.807) is 18.2 Å². The lowest BCUT2D eigenvalue weighted by Gasteiger charge is -2.10. The molecule has 0 spiro atoms. The van der Waals surface area contributed by atoms with Crippen LogP contribution in [0.4, 0.5) is 5.69 Å². The van der Waals surface area contributed by atoms with Crippen molar-refractivity contribution in [3.05, 3.63) is 51.5 Å². The van der Waals surface area contributed by atoms with Gasteiger partial charge in [-0.2, -0.15) is 5.26 Å². The Morgan fingerprint density at radius 2 is 1.73 bits per heavy atom. The van der Waals surface area contributed by atoms with E-state index in [1.165, 1.54) is 32.4 Å². The summed E-state index contributed by atoms with van der Waals surface area (Å²) in [5.41, 5.74) is 0.437. The molecule has 2 aromatic rings. The molecule has 0 unspecified atom stereocenters. The number of rotatable bonds is 5. The summed E-state index contributed by atoms with van der Waals surface area (Å²) in [5, 5.41) is 22.3. The standard InChI is InChI=1S/C18H14Cl2N2O4/c1-25-14-7-10(8-15(26-2)17(14)23)6-11(9-21)18(24)22-16-12(19)4-3-5-13(16)20/h3-8,23H,1-2H3,(H,22,24). The summed E-state index contributed by atoms with van der Waals surface area (Å²) < 4.78 is 10.1. The number of hydrogen-bond acceptors (Lipinski definition) is 5. The summed E-state index contributed by atoms with van der Waals surface area (Å²) in [6.45, 7) is 0. The number of carbonyl (C=O) groups excluding carboxylic acids is 1. The van der Waals surface area contributed by atoms with Gasteiger partial charge in [-0.1, -0.05) is 29.3 Å². The number of ether oxygens (including phenoxy) is 2. The number of anilines is 1. The number of nitriles is 1. The third-order valence-corrected chi connectivity index (χ3v) is 4.01. The van der Waals surface area contributed by atoms with Crippen LogP contribution in [-0.2, 0) is 4.79 Å². The molecule has 0 heterocycles. The lowest BCUT2D eigenvalue weighted by molar-refractivity contribution is -0.112. The van der Waals surface area contributed by atoms with Gasteiger partial charge >= 0.3 is 0 Å². The van der Waals surface area contributed by atoms with Crippen molar-refractivity contribution in [2.24, 2.45) is 0 Å². The minimum atomic E-state index is -0.687. The Hall–Kier alpha value is -2.88. The van der Waals surface area contributed by atoms with Gasteiger partial charge in [0.1, 0.15) is 11.6 Å². The van der Waals surface area contributed by atoms with Crippen molar-refractivity contribution in [3.63, 3.8) is 0 Å². The Bertz CT molecular complexity index is 875. The number of benzene rings is 2. The molecule has 0 radical (unpaired) electrons. The maximum Gasteiger partial charge on any atom is 0.266 e. The molecule has 2 rings (SSSR count). The molecule has 6 nitrogen and oxygen atoms in total. The van der Waals surface area contributed by atoms with Gasteiger partial charge < -0.3 is 19.9 Å². The van der Waals surface area contributed by atoms with Crippen molar-refractivity contribution in [2.75, 3.05) is 19.5 Å². The van der Waals surface area contributed by atoms with Crippen LogP contribution in [-0.4, -0.2) is 25.2 Å². The van der Waals surface area contributed by atoms with Crippen LogP contribution in [0.15, 0.2) is 35.9 Å². The quantitative estimate of drug-likeness (QED) is 0.585. The average Bonchev–Trinajstić information content (AvgIpc) is 2.63. The molecule has 0 fully saturated rings. The van der Waals surface area contributed by atoms with E-state index in [0.717, 1.165) is 0 Å². The highest BCUT2D eigenvalue weighted by atomic mass is 35.5. The molecular weight excluding hydrogens is 379 g/mol. The van der Waals surface area contributed by atoms with Crippen LogP contribution in [0.3, 0.4) is 0 Å². The Morgan fingerprint density at radius 3 is 2.19 bits per heavy atom. The van der Waals surface area contributed by atoms with E-state index in [4.69, 9.17) is 32.7 Å². The molecule has 0 saturated carbocycles. The predicted octanol–water partition coefficient (Wildman–Crippen LogP) is 4.26. The lowest BCUT2D eigenvalue weighted by atomic mass is 10.1. The molecule has 2 N–H and O–H groups in total. The number of para-hydroxylation sites is 1. The number of nitrogens with zero attached hydrogens (tertiary/aromatic N) is 1. The molecule has 8 heteroatoms. The van der Waals surface area contributed by atoms with Gasteiger partial charge in [-0.3, -0.25) is 4.79 Å². The number of halogens is 2. The van der Waals surface area contributed by atoms with Gasteiger partial charge in [-0.15, -0.1) is 0 Å². The van der Waals surface area contributed by atoms with Crippen LogP contribution in [0.1, 0.15) is 5.56 Å². The van der Waals surface area contributed by atoms with Crippen LogP contribution in [0.5, 0.6) is 17.2 Å². The Kier molecular flexibility index (Phi) is 6.34. The highest BCUT2D eigenvalue weighted by Gasteiger charge is 2.15. The first-order valence-electron chi connectivity index (χ1n) is 7.23. The van der Waals surface area contributed by atoms with Gasteiger partial charge in [0.2, 0.25) is 5.75 Å². The second-order valence-corrected chi connectivity index (χ2v) is 5.81. The van der Waals surface area contributed by atoms with Crippen LogP contribution >= 0.6 is 23.2 Å². The molecule has 0 aliphatic carbocycles. The molecule has 1 amide bonds. The number of amides is 1. The minimum absolute atomic E-state index is 0.141. The zero-order chi connectivity index (χ0) is 19.3. The van der Waals surface area contributed by atoms with Crippen molar-refractivity contribution < 1.29 is 19.4 Å². The van der Waals surface area contributed by atoms with Gasteiger partial charge in [-0.05, 0) is 35.9 Å². The Labute approximate surface area is 160 Å². The van der Waals surface area contributed by atoms with Crippen LogP contribution < -0.4 is 14.8 Å². The van der Waals surface area contributed by atoms with Crippen LogP contribution in [0.2, 0.25) is 10.0 Å². The van der Waals surface area contributed by atoms with E-state index in [0.29, 0.717) is 5.56 Å². The van der Waals surface area contributed by atoms with E-state index >= 15 is 0 Å². The first-order chi connectivity index (χ1) is 12.4. The molecule has 0 atom stereocenters. The summed E-state index contributed by atoms with van der Waals surface area (Å²) in [4.78, 5) is 12.4. The average molecular weight is 393 g/mol. The third-order valence-electron chi connectivity index (χ3n) is 3.38. The predicted molar refractivity (Wildman–Crippen MR) is 99.9 cm³/mol. The zero-order valence-electron chi connectivity index (χ0n) is 13.8. The van der Waals surface area contributed by atoms with Crippen LogP contribution in [0, 0.1) is 11.3 Å². The highest BCUT2D eigenvalue weighted by molar-refractivity contribution is 6.40.